The lowest BCUT2D eigenvalue weighted by Gasteiger charge is -2.26. The van der Waals surface area contributed by atoms with E-state index in [2.05, 4.69) is 20.9 Å². The standard InChI is InChI=1S/C20H24N4O2/c21-8-3-10-24-16-17(18-4-1-2-5-19(18)24)6-7-20(25)22-9-11-23-12-14-26-15-13-23/h1-2,4-7,16H,3,9-15H2,(H,22,25). The maximum Gasteiger partial charge on any atom is 0.244 e. The molecular formula is C20H24N4O2. The summed E-state index contributed by atoms with van der Waals surface area (Å²) in [4.78, 5) is 14.4. The van der Waals surface area contributed by atoms with Crippen LogP contribution in [0, 0.1) is 11.3 Å². The van der Waals surface area contributed by atoms with Crippen molar-refractivity contribution in [3.8, 4) is 6.07 Å². The monoisotopic (exact) mass is 352 g/mol. The van der Waals surface area contributed by atoms with Gasteiger partial charge in [0.2, 0.25) is 5.91 Å². The van der Waals surface area contributed by atoms with Crippen molar-refractivity contribution < 1.29 is 9.53 Å². The van der Waals surface area contributed by atoms with Crippen molar-refractivity contribution in [2.24, 2.45) is 0 Å². The molecule has 6 heteroatoms. The number of amides is 1. The number of ether oxygens (including phenoxy) is 1. The molecule has 0 aliphatic carbocycles. The quantitative estimate of drug-likeness (QED) is 0.774. The van der Waals surface area contributed by atoms with Crippen LogP contribution in [-0.4, -0.2) is 54.8 Å². The Morgan fingerprint density at radius 2 is 2.08 bits per heavy atom. The average Bonchev–Trinajstić information content (AvgIpc) is 3.03. The van der Waals surface area contributed by atoms with E-state index in [1.165, 1.54) is 0 Å². The SMILES string of the molecule is N#CCCn1cc(C=CC(=O)NCCN2CCOCC2)c2ccccc21. The van der Waals surface area contributed by atoms with Gasteiger partial charge < -0.3 is 14.6 Å². The molecule has 0 saturated carbocycles. The van der Waals surface area contributed by atoms with Gasteiger partial charge in [0, 0.05) is 61.5 Å². The van der Waals surface area contributed by atoms with E-state index in [0.29, 0.717) is 19.5 Å². The zero-order valence-corrected chi connectivity index (χ0v) is 14.9. The smallest absolute Gasteiger partial charge is 0.244 e. The maximum absolute atomic E-state index is 12.1. The summed E-state index contributed by atoms with van der Waals surface area (Å²) in [5.41, 5.74) is 2.07. The lowest BCUT2D eigenvalue weighted by Crippen LogP contribution is -2.41. The molecule has 0 radical (unpaired) electrons. The number of hydrogen-bond acceptors (Lipinski definition) is 4. The molecule has 1 fully saturated rings. The van der Waals surface area contributed by atoms with Crippen molar-refractivity contribution in [2.45, 2.75) is 13.0 Å². The van der Waals surface area contributed by atoms with Gasteiger partial charge in [-0.25, -0.2) is 0 Å². The lowest BCUT2D eigenvalue weighted by molar-refractivity contribution is -0.116. The van der Waals surface area contributed by atoms with Crippen LogP contribution >= 0.6 is 0 Å². The first-order valence-electron chi connectivity index (χ1n) is 8.99. The molecule has 1 N–H and O–H groups in total. The summed E-state index contributed by atoms with van der Waals surface area (Å²) < 4.78 is 7.38. The Kier molecular flexibility index (Phi) is 6.42. The zero-order valence-electron chi connectivity index (χ0n) is 14.9. The number of nitriles is 1. The van der Waals surface area contributed by atoms with E-state index in [-0.39, 0.29) is 5.91 Å². The van der Waals surface area contributed by atoms with E-state index >= 15 is 0 Å². The third-order valence-corrected chi connectivity index (χ3v) is 4.53. The predicted molar refractivity (Wildman–Crippen MR) is 101 cm³/mol. The first-order valence-corrected chi connectivity index (χ1v) is 8.99. The topological polar surface area (TPSA) is 70.3 Å². The van der Waals surface area contributed by atoms with Gasteiger partial charge >= 0.3 is 0 Å². The van der Waals surface area contributed by atoms with Crippen LogP contribution in [0.3, 0.4) is 0 Å². The molecule has 2 heterocycles. The van der Waals surface area contributed by atoms with Crippen LogP contribution in [0.15, 0.2) is 36.5 Å². The fraction of sp³-hybridized carbons (Fsp3) is 0.400. The average molecular weight is 352 g/mol. The summed E-state index contributed by atoms with van der Waals surface area (Å²) in [6.45, 7) is 5.51. The number of nitrogens with zero attached hydrogens (tertiary/aromatic N) is 3. The first-order chi connectivity index (χ1) is 12.8. The van der Waals surface area contributed by atoms with Crippen molar-refractivity contribution in [2.75, 3.05) is 39.4 Å². The van der Waals surface area contributed by atoms with Gasteiger partial charge in [0.05, 0.1) is 25.7 Å². The second-order valence-corrected chi connectivity index (χ2v) is 6.28. The van der Waals surface area contributed by atoms with Crippen molar-refractivity contribution in [1.82, 2.24) is 14.8 Å². The number of para-hydroxylation sites is 1. The Labute approximate surface area is 153 Å². The largest absolute Gasteiger partial charge is 0.379 e. The number of benzene rings is 1. The van der Waals surface area contributed by atoms with Gasteiger partial charge in [-0.3, -0.25) is 9.69 Å². The number of aromatic nitrogens is 1. The molecule has 1 aromatic heterocycles. The van der Waals surface area contributed by atoms with Gasteiger partial charge in [0.1, 0.15) is 0 Å². The van der Waals surface area contributed by atoms with Crippen LogP contribution in [0.25, 0.3) is 17.0 Å². The number of morpholine rings is 1. The Bertz CT molecular complexity index is 813. The van der Waals surface area contributed by atoms with Crippen LogP contribution in [0.4, 0.5) is 0 Å². The molecule has 2 aromatic rings. The van der Waals surface area contributed by atoms with Gasteiger partial charge in [0.15, 0.2) is 0 Å². The molecule has 136 valence electrons. The van der Waals surface area contributed by atoms with Crippen molar-refractivity contribution >= 4 is 22.9 Å². The van der Waals surface area contributed by atoms with Crippen LogP contribution in [0.1, 0.15) is 12.0 Å². The van der Waals surface area contributed by atoms with E-state index in [1.807, 2.05) is 36.5 Å². The van der Waals surface area contributed by atoms with Crippen LogP contribution < -0.4 is 5.32 Å². The number of aryl methyl sites for hydroxylation is 1. The molecule has 3 rings (SSSR count). The molecule has 26 heavy (non-hydrogen) atoms. The number of rotatable bonds is 7. The molecule has 0 unspecified atom stereocenters. The fourth-order valence-electron chi connectivity index (χ4n) is 3.15. The Hall–Kier alpha value is -2.62. The molecule has 1 aliphatic rings. The minimum atomic E-state index is -0.0906. The molecule has 0 atom stereocenters. The highest BCUT2D eigenvalue weighted by atomic mass is 16.5. The van der Waals surface area contributed by atoms with Gasteiger partial charge in [-0.1, -0.05) is 18.2 Å². The minimum absolute atomic E-state index is 0.0906. The molecule has 1 aliphatic heterocycles. The molecular weight excluding hydrogens is 328 g/mol. The van der Waals surface area contributed by atoms with E-state index in [4.69, 9.17) is 10.00 Å². The lowest BCUT2D eigenvalue weighted by atomic mass is 10.1. The summed E-state index contributed by atoms with van der Waals surface area (Å²) in [5.74, 6) is -0.0906. The van der Waals surface area contributed by atoms with E-state index < -0.39 is 0 Å². The molecule has 1 aromatic carbocycles. The maximum atomic E-state index is 12.1. The van der Waals surface area contributed by atoms with E-state index in [1.54, 1.807) is 6.08 Å². The summed E-state index contributed by atoms with van der Waals surface area (Å²) in [5, 5.41) is 12.8. The minimum Gasteiger partial charge on any atom is -0.379 e. The van der Waals surface area contributed by atoms with Gasteiger partial charge in [-0.05, 0) is 12.1 Å². The highest BCUT2D eigenvalue weighted by Gasteiger charge is 2.10. The van der Waals surface area contributed by atoms with Gasteiger partial charge in [0.25, 0.3) is 0 Å². The van der Waals surface area contributed by atoms with Crippen LogP contribution in [0.2, 0.25) is 0 Å². The Morgan fingerprint density at radius 3 is 2.88 bits per heavy atom. The molecule has 0 bridgehead atoms. The molecule has 1 amide bonds. The third kappa shape index (κ3) is 4.72. The summed E-state index contributed by atoms with van der Waals surface area (Å²) in [6.07, 6.45) is 5.88. The predicted octanol–water partition coefficient (Wildman–Crippen LogP) is 2.02. The second-order valence-electron chi connectivity index (χ2n) is 6.28. The number of nitrogens with one attached hydrogen (secondary N) is 1. The fourth-order valence-corrected chi connectivity index (χ4v) is 3.15. The summed E-state index contributed by atoms with van der Waals surface area (Å²) in [7, 11) is 0. The van der Waals surface area contributed by atoms with E-state index in [0.717, 1.165) is 49.3 Å². The zero-order chi connectivity index (χ0) is 18.2. The third-order valence-electron chi connectivity index (χ3n) is 4.53. The van der Waals surface area contributed by atoms with Crippen molar-refractivity contribution in [3.05, 3.63) is 42.1 Å². The first kappa shape index (κ1) is 18.2. The van der Waals surface area contributed by atoms with Gasteiger partial charge in [-0.2, -0.15) is 5.26 Å². The Balaban J connectivity index is 1.58. The number of hydrogen-bond donors (Lipinski definition) is 1. The summed E-state index contributed by atoms with van der Waals surface area (Å²) in [6, 6.07) is 10.2. The highest BCUT2D eigenvalue weighted by molar-refractivity contribution is 5.96. The second kappa shape index (κ2) is 9.18. The molecule has 1 saturated heterocycles. The van der Waals surface area contributed by atoms with Crippen molar-refractivity contribution in [1.29, 1.82) is 5.26 Å². The van der Waals surface area contributed by atoms with E-state index in [9.17, 15) is 4.79 Å². The van der Waals surface area contributed by atoms with Gasteiger partial charge in [-0.15, -0.1) is 0 Å². The van der Waals surface area contributed by atoms with Crippen LogP contribution in [0.5, 0.6) is 0 Å². The molecule has 6 nitrogen and oxygen atoms in total. The van der Waals surface area contributed by atoms with Crippen LogP contribution in [-0.2, 0) is 16.1 Å². The molecule has 0 spiro atoms. The normalized spacial score (nSPS) is 15.3. The number of fused-ring (bicyclic) bond motifs is 1. The Morgan fingerprint density at radius 1 is 1.27 bits per heavy atom. The number of carbonyl (C=O) groups is 1. The van der Waals surface area contributed by atoms with Crippen molar-refractivity contribution in [3.63, 3.8) is 0 Å². The summed E-state index contributed by atoms with van der Waals surface area (Å²) >= 11 is 0. The number of carbonyl (C=O) groups excluding carboxylic acids is 1. The highest BCUT2D eigenvalue weighted by Crippen LogP contribution is 2.22.